The molecule has 0 unspecified atom stereocenters. The summed E-state index contributed by atoms with van der Waals surface area (Å²) >= 11 is 0. The van der Waals surface area contributed by atoms with E-state index in [1.165, 1.54) is 19.3 Å². The lowest BCUT2D eigenvalue weighted by molar-refractivity contribution is 0.178. The minimum Gasteiger partial charge on any atom is -0.384 e. The van der Waals surface area contributed by atoms with E-state index in [4.69, 9.17) is 10.5 Å². The fourth-order valence-corrected chi connectivity index (χ4v) is 1.94. The highest BCUT2D eigenvalue weighted by Crippen LogP contribution is 2.13. The van der Waals surface area contributed by atoms with Gasteiger partial charge in [0, 0.05) is 26.3 Å². The Morgan fingerprint density at radius 1 is 1.35 bits per heavy atom. The molecule has 0 amide bonds. The van der Waals surface area contributed by atoms with E-state index in [0.29, 0.717) is 18.2 Å². The maximum atomic E-state index is 5.73. The third-order valence-electron chi connectivity index (χ3n) is 2.69. The zero-order valence-electron chi connectivity index (χ0n) is 10.1. The van der Waals surface area contributed by atoms with Crippen molar-refractivity contribution in [3.8, 4) is 0 Å². The van der Waals surface area contributed by atoms with Crippen LogP contribution in [0, 0.1) is 0 Å². The molecule has 0 saturated carbocycles. The number of nitrogens with one attached hydrogen (secondary N) is 1. The fraction of sp³-hybridized carbons (Fsp3) is 0.636. The first-order valence-electron chi connectivity index (χ1n) is 5.92. The first-order chi connectivity index (χ1) is 8.28. The van der Waals surface area contributed by atoms with Gasteiger partial charge in [0.1, 0.15) is 18.2 Å². The van der Waals surface area contributed by atoms with Crippen molar-refractivity contribution < 1.29 is 4.74 Å². The minimum atomic E-state index is 0.375. The highest BCUT2D eigenvalue weighted by molar-refractivity contribution is 5.43. The Kier molecular flexibility index (Phi) is 4.11. The molecule has 6 heteroatoms. The van der Waals surface area contributed by atoms with Crippen molar-refractivity contribution in [2.24, 2.45) is 0 Å². The van der Waals surface area contributed by atoms with E-state index in [2.05, 4.69) is 20.4 Å². The maximum Gasteiger partial charge on any atom is 0.158 e. The molecule has 1 aliphatic heterocycles. The summed E-state index contributed by atoms with van der Waals surface area (Å²) in [4.78, 5) is 8.45. The van der Waals surface area contributed by atoms with Crippen molar-refractivity contribution >= 4 is 11.6 Å². The summed E-state index contributed by atoms with van der Waals surface area (Å²) in [6, 6.07) is 1.74. The van der Waals surface area contributed by atoms with E-state index < -0.39 is 0 Å². The van der Waals surface area contributed by atoms with E-state index in [0.717, 1.165) is 18.9 Å². The molecule has 17 heavy (non-hydrogen) atoms. The molecule has 3 N–H and O–H groups in total. The van der Waals surface area contributed by atoms with Crippen LogP contribution in [0.25, 0.3) is 0 Å². The second-order valence-corrected chi connectivity index (χ2v) is 4.19. The summed E-state index contributed by atoms with van der Waals surface area (Å²) < 4.78 is 5.01. The van der Waals surface area contributed by atoms with Crippen LogP contribution in [0.15, 0.2) is 6.07 Å². The van der Waals surface area contributed by atoms with E-state index in [-0.39, 0.29) is 0 Å². The molecule has 2 heterocycles. The van der Waals surface area contributed by atoms with Crippen LogP contribution in [0.3, 0.4) is 0 Å². The third kappa shape index (κ3) is 3.54. The zero-order chi connectivity index (χ0) is 12.1. The number of methoxy groups -OCH3 is 1. The first-order valence-corrected chi connectivity index (χ1v) is 5.92. The van der Waals surface area contributed by atoms with Crippen molar-refractivity contribution in [1.29, 1.82) is 0 Å². The molecule has 1 aromatic heterocycles. The van der Waals surface area contributed by atoms with Gasteiger partial charge in [-0.05, 0) is 12.8 Å². The molecule has 0 atom stereocenters. The predicted molar refractivity (Wildman–Crippen MR) is 66.2 cm³/mol. The van der Waals surface area contributed by atoms with Gasteiger partial charge in [0.15, 0.2) is 5.82 Å². The van der Waals surface area contributed by atoms with Gasteiger partial charge in [-0.25, -0.2) is 15.0 Å². The van der Waals surface area contributed by atoms with E-state index in [1.54, 1.807) is 13.2 Å². The zero-order valence-corrected chi connectivity index (χ0v) is 10.1. The SMILES string of the molecule is COCc1nc(N)cc(NN2CCCCC2)n1. The second kappa shape index (κ2) is 5.79. The monoisotopic (exact) mass is 237 g/mol. The molecule has 1 saturated heterocycles. The van der Waals surface area contributed by atoms with Crippen LogP contribution < -0.4 is 11.2 Å². The lowest BCUT2D eigenvalue weighted by Gasteiger charge is -2.27. The Morgan fingerprint density at radius 2 is 2.12 bits per heavy atom. The molecule has 94 valence electrons. The van der Waals surface area contributed by atoms with Crippen LogP contribution in [0.4, 0.5) is 11.6 Å². The van der Waals surface area contributed by atoms with Crippen molar-refractivity contribution in [2.45, 2.75) is 25.9 Å². The largest absolute Gasteiger partial charge is 0.384 e. The van der Waals surface area contributed by atoms with Crippen molar-refractivity contribution in [3.63, 3.8) is 0 Å². The number of hydrazine groups is 1. The van der Waals surface area contributed by atoms with Gasteiger partial charge in [-0.15, -0.1) is 0 Å². The number of aromatic nitrogens is 2. The van der Waals surface area contributed by atoms with E-state index in [9.17, 15) is 0 Å². The quantitative estimate of drug-likeness (QED) is 0.814. The standard InChI is InChI=1S/C11H19N5O/c1-17-8-11-13-9(12)7-10(14-11)15-16-5-3-2-4-6-16/h7H,2-6,8H2,1H3,(H3,12,13,14,15). The number of ether oxygens (including phenoxy) is 1. The normalized spacial score (nSPS) is 17.0. The number of nitrogen functional groups attached to an aromatic ring is 1. The molecular formula is C11H19N5O. The highest BCUT2D eigenvalue weighted by atomic mass is 16.5. The number of hydrogen-bond acceptors (Lipinski definition) is 6. The van der Waals surface area contributed by atoms with Gasteiger partial charge in [0.05, 0.1) is 0 Å². The van der Waals surface area contributed by atoms with Gasteiger partial charge in [-0.3, -0.25) is 0 Å². The van der Waals surface area contributed by atoms with Gasteiger partial charge >= 0.3 is 0 Å². The second-order valence-electron chi connectivity index (χ2n) is 4.19. The lowest BCUT2D eigenvalue weighted by atomic mass is 10.2. The fourth-order valence-electron chi connectivity index (χ4n) is 1.94. The molecule has 0 aliphatic carbocycles. The van der Waals surface area contributed by atoms with Crippen LogP contribution in [-0.2, 0) is 11.3 Å². The minimum absolute atomic E-state index is 0.375. The summed E-state index contributed by atoms with van der Waals surface area (Å²) in [5.41, 5.74) is 9.00. The van der Waals surface area contributed by atoms with Crippen molar-refractivity contribution in [2.75, 3.05) is 31.4 Å². The Labute approximate surface area is 101 Å². The summed E-state index contributed by atoms with van der Waals surface area (Å²) in [7, 11) is 1.62. The Hall–Kier alpha value is -1.40. The smallest absolute Gasteiger partial charge is 0.158 e. The molecule has 0 spiro atoms. The molecule has 6 nitrogen and oxygen atoms in total. The molecule has 0 radical (unpaired) electrons. The van der Waals surface area contributed by atoms with Crippen molar-refractivity contribution in [3.05, 3.63) is 11.9 Å². The van der Waals surface area contributed by atoms with Crippen LogP contribution in [-0.4, -0.2) is 35.2 Å². The Morgan fingerprint density at radius 3 is 2.82 bits per heavy atom. The molecular weight excluding hydrogens is 218 g/mol. The van der Waals surface area contributed by atoms with Gasteiger partial charge in [-0.1, -0.05) is 6.42 Å². The molecule has 1 aromatic rings. The summed E-state index contributed by atoms with van der Waals surface area (Å²) in [6.45, 7) is 2.47. The first kappa shape index (κ1) is 12.1. The van der Waals surface area contributed by atoms with Gasteiger partial charge in [0.25, 0.3) is 0 Å². The van der Waals surface area contributed by atoms with Crippen LogP contribution in [0.1, 0.15) is 25.1 Å². The third-order valence-corrected chi connectivity index (χ3v) is 2.69. The average molecular weight is 237 g/mol. The molecule has 1 aliphatic rings. The number of rotatable bonds is 4. The van der Waals surface area contributed by atoms with Crippen LogP contribution in [0.5, 0.6) is 0 Å². The number of anilines is 2. The van der Waals surface area contributed by atoms with E-state index >= 15 is 0 Å². The molecule has 0 aromatic carbocycles. The van der Waals surface area contributed by atoms with Crippen molar-refractivity contribution in [1.82, 2.24) is 15.0 Å². The topological polar surface area (TPSA) is 76.3 Å². The number of hydrogen-bond donors (Lipinski definition) is 2. The predicted octanol–water partition coefficient (Wildman–Crippen LogP) is 1.02. The molecule has 1 fully saturated rings. The van der Waals surface area contributed by atoms with Crippen LogP contribution in [0.2, 0.25) is 0 Å². The number of piperidine rings is 1. The summed E-state index contributed by atoms with van der Waals surface area (Å²) in [5.74, 6) is 1.81. The summed E-state index contributed by atoms with van der Waals surface area (Å²) in [6.07, 6.45) is 3.75. The van der Waals surface area contributed by atoms with Gasteiger partial charge in [-0.2, -0.15) is 0 Å². The van der Waals surface area contributed by atoms with E-state index in [1.807, 2.05) is 0 Å². The maximum absolute atomic E-state index is 5.73. The van der Waals surface area contributed by atoms with Crippen LogP contribution >= 0.6 is 0 Å². The molecule has 2 rings (SSSR count). The highest BCUT2D eigenvalue weighted by Gasteiger charge is 2.11. The lowest BCUT2D eigenvalue weighted by Crippen LogP contribution is -2.35. The summed E-state index contributed by atoms with van der Waals surface area (Å²) in [5, 5.41) is 2.17. The van der Waals surface area contributed by atoms with Gasteiger partial charge in [0.2, 0.25) is 0 Å². The number of nitrogens with zero attached hydrogens (tertiary/aromatic N) is 3. The Balaban J connectivity index is 2.03. The Bertz CT molecular complexity index is 365. The number of nitrogens with two attached hydrogens (primary N) is 1. The average Bonchev–Trinajstić information content (AvgIpc) is 2.30. The van der Waals surface area contributed by atoms with Gasteiger partial charge < -0.3 is 15.9 Å². The molecule has 0 bridgehead atoms.